The van der Waals surface area contributed by atoms with Gasteiger partial charge in [0.15, 0.2) is 11.6 Å². The van der Waals surface area contributed by atoms with Gasteiger partial charge in [0.1, 0.15) is 5.60 Å². The Bertz CT molecular complexity index is 337. The summed E-state index contributed by atoms with van der Waals surface area (Å²) in [6.45, 7) is 7.04. The first-order valence-electron chi connectivity index (χ1n) is 5.62. The highest BCUT2D eigenvalue weighted by Gasteiger charge is 2.49. The summed E-state index contributed by atoms with van der Waals surface area (Å²) in [7, 11) is 0. The van der Waals surface area contributed by atoms with Crippen molar-refractivity contribution in [3.63, 3.8) is 0 Å². The first kappa shape index (κ1) is 13.1. The third-order valence-corrected chi connectivity index (χ3v) is 3.53. The van der Waals surface area contributed by atoms with Gasteiger partial charge in [-0.2, -0.15) is 0 Å². The molecule has 1 saturated carbocycles. The average molecular weight is 224 g/mol. The number of rotatable bonds is 2. The minimum absolute atomic E-state index is 0.0652. The van der Waals surface area contributed by atoms with Crippen LogP contribution in [0.4, 0.5) is 0 Å². The average Bonchev–Trinajstić information content (AvgIpc) is 2.11. The Morgan fingerprint density at radius 1 is 1.44 bits per heavy atom. The predicted molar refractivity (Wildman–Crippen MR) is 62.0 cm³/mol. The zero-order valence-electron chi connectivity index (χ0n) is 10.4. The summed E-state index contributed by atoms with van der Waals surface area (Å²) in [5.41, 5.74) is -1.52. The van der Waals surface area contributed by atoms with Crippen LogP contribution in [-0.2, 0) is 9.59 Å². The van der Waals surface area contributed by atoms with Crippen molar-refractivity contribution in [1.82, 2.24) is 0 Å². The van der Waals surface area contributed by atoms with Crippen molar-refractivity contribution in [1.29, 1.82) is 0 Å². The van der Waals surface area contributed by atoms with E-state index in [9.17, 15) is 14.7 Å². The monoisotopic (exact) mass is 224 g/mol. The molecule has 1 fully saturated rings. The molecule has 0 saturated heterocycles. The Labute approximate surface area is 96.5 Å². The van der Waals surface area contributed by atoms with Crippen molar-refractivity contribution in [3.8, 4) is 0 Å². The van der Waals surface area contributed by atoms with Crippen LogP contribution in [0, 0.1) is 11.3 Å². The Balaban J connectivity index is 3.06. The minimum Gasteiger partial charge on any atom is -0.382 e. The fourth-order valence-electron chi connectivity index (χ4n) is 2.46. The van der Waals surface area contributed by atoms with E-state index in [4.69, 9.17) is 0 Å². The van der Waals surface area contributed by atoms with Crippen molar-refractivity contribution in [2.24, 2.45) is 11.3 Å². The molecule has 0 radical (unpaired) electrons. The summed E-state index contributed by atoms with van der Waals surface area (Å²) in [6, 6.07) is 0. The van der Waals surface area contributed by atoms with E-state index in [0.29, 0.717) is 6.42 Å². The quantitative estimate of drug-likeness (QED) is 0.729. The minimum atomic E-state index is -1.35. The van der Waals surface area contributed by atoms with E-state index in [1.807, 2.05) is 13.8 Å². The molecule has 1 N–H and O–H groups in total. The van der Waals surface area contributed by atoms with Gasteiger partial charge in [-0.25, -0.2) is 0 Å². The third kappa shape index (κ3) is 2.40. The van der Waals surface area contributed by atoms with Gasteiger partial charge >= 0.3 is 0 Å². The van der Waals surface area contributed by atoms with Crippen LogP contribution < -0.4 is 0 Å². The normalized spacial score (nSPS) is 34.3. The summed E-state index contributed by atoms with van der Waals surface area (Å²) in [4.78, 5) is 22.6. The zero-order valence-corrected chi connectivity index (χ0v) is 10.4. The van der Waals surface area contributed by atoms with Crippen LogP contribution in [0.5, 0.6) is 0 Å². The molecule has 0 aromatic heterocycles. The standard InChI is InChI=1S/C13H20O3/c1-9(14)5-6-10-12(2,3)8-7-11(15)13(10,4)16/h5-6,10,16H,7-8H2,1-4H3/b6-5+/t10-,13+/m1/s1. The fourth-order valence-corrected chi connectivity index (χ4v) is 2.46. The summed E-state index contributed by atoms with van der Waals surface area (Å²) in [6.07, 6.45) is 4.28. The number of hydrogen-bond donors (Lipinski definition) is 1. The van der Waals surface area contributed by atoms with Gasteiger partial charge in [0.05, 0.1) is 0 Å². The molecule has 0 aromatic rings. The zero-order chi connectivity index (χ0) is 12.6. The Kier molecular flexibility index (Phi) is 3.38. The first-order chi connectivity index (χ1) is 7.18. The van der Waals surface area contributed by atoms with Crippen LogP contribution in [0.15, 0.2) is 12.2 Å². The molecule has 0 unspecified atom stereocenters. The molecule has 90 valence electrons. The lowest BCUT2D eigenvalue weighted by Gasteiger charge is -2.45. The number of ketones is 2. The van der Waals surface area contributed by atoms with Crippen molar-refractivity contribution < 1.29 is 14.7 Å². The van der Waals surface area contributed by atoms with Crippen molar-refractivity contribution in [2.75, 3.05) is 0 Å². The summed E-state index contributed by atoms with van der Waals surface area (Å²) < 4.78 is 0. The van der Waals surface area contributed by atoms with E-state index in [2.05, 4.69) is 0 Å². The highest BCUT2D eigenvalue weighted by molar-refractivity contribution is 5.90. The number of Topliss-reactive ketones (excluding diaryl/α,β-unsaturated/α-hetero) is 1. The molecular formula is C13H20O3. The number of carbonyl (C=O) groups is 2. The molecule has 3 nitrogen and oxygen atoms in total. The maximum Gasteiger partial charge on any atom is 0.164 e. The molecule has 0 aromatic carbocycles. The number of carbonyl (C=O) groups excluding carboxylic acids is 2. The molecule has 1 rings (SSSR count). The van der Waals surface area contributed by atoms with Crippen LogP contribution in [0.25, 0.3) is 0 Å². The summed E-state index contributed by atoms with van der Waals surface area (Å²) in [5.74, 6) is -0.500. The van der Waals surface area contributed by atoms with E-state index in [-0.39, 0.29) is 22.9 Å². The van der Waals surface area contributed by atoms with Gasteiger partial charge in [-0.1, -0.05) is 19.9 Å². The van der Waals surface area contributed by atoms with Gasteiger partial charge in [0.2, 0.25) is 0 Å². The molecular weight excluding hydrogens is 204 g/mol. The van der Waals surface area contributed by atoms with Crippen LogP contribution in [0.3, 0.4) is 0 Å². The largest absolute Gasteiger partial charge is 0.382 e. The van der Waals surface area contributed by atoms with E-state index < -0.39 is 5.60 Å². The molecule has 0 spiro atoms. The smallest absolute Gasteiger partial charge is 0.164 e. The summed E-state index contributed by atoms with van der Waals surface area (Å²) in [5, 5.41) is 10.2. The van der Waals surface area contributed by atoms with Crippen LogP contribution >= 0.6 is 0 Å². The maximum atomic E-state index is 11.7. The predicted octanol–water partition coefficient (Wildman–Crippen LogP) is 1.89. The molecule has 0 aliphatic heterocycles. The SMILES string of the molecule is CC(=O)/C=C/[C@@H]1C(C)(C)CCC(=O)[C@@]1(C)O. The molecule has 1 aliphatic carbocycles. The number of hydrogen-bond acceptors (Lipinski definition) is 3. The number of aliphatic hydroxyl groups is 1. The molecule has 1 aliphatic rings. The van der Waals surface area contributed by atoms with Gasteiger partial charge in [-0.15, -0.1) is 0 Å². The Hall–Kier alpha value is -0.960. The maximum absolute atomic E-state index is 11.7. The molecule has 2 atom stereocenters. The van der Waals surface area contributed by atoms with Crippen molar-refractivity contribution in [2.45, 2.75) is 46.1 Å². The Morgan fingerprint density at radius 2 is 2.00 bits per heavy atom. The first-order valence-corrected chi connectivity index (χ1v) is 5.62. The lowest BCUT2D eigenvalue weighted by atomic mass is 9.61. The van der Waals surface area contributed by atoms with E-state index >= 15 is 0 Å². The molecule has 0 amide bonds. The van der Waals surface area contributed by atoms with Crippen molar-refractivity contribution in [3.05, 3.63) is 12.2 Å². The second-order valence-corrected chi connectivity index (χ2v) is 5.51. The van der Waals surface area contributed by atoms with Crippen molar-refractivity contribution >= 4 is 11.6 Å². The van der Waals surface area contributed by atoms with E-state index in [0.717, 1.165) is 6.42 Å². The van der Waals surface area contributed by atoms with Gasteiger partial charge in [0.25, 0.3) is 0 Å². The van der Waals surface area contributed by atoms with Gasteiger partial charge < -0.3 is 5.11 Å². The molecule has 0 bridgehead atoms. The molecule has 16 heavy (non-hydrogen) atoms. The van der Waals surface area contributed by atoms with Crippen LogP contribution in [-0.4, -0.2) is 22.3 Å². The third-order valence-electron chi connectivity index (χ3n) is 3.53. The highest BCUT2D eigenvalue weighted by Crippen LogP contribution is 2.45. The van der Waals surface area contributed by atoms with Gasteiger partial charge in [-0.05, 0) is 31.8 Å². The second kappa shape index (κ2) is 4.13. The van der Waals surface area contributed by atoms with E-state index in [1.165, 1.54) is 13.0 Å². The highest BCUT2D eigenvalue weighted by atomic mass is 16.3. The van der Waals surface area contributed by atoms with Gasteiger partial charge in [0, 0.05) is 12.3 Å². The summed E-state index contributed by atoms with van der Waals surface area (Å²) >= 11 is 0. The molecule has 0 heterocycles. The fraction of sp³-hybridized carbons (Fsp3) is 0.692. The lowest BCUT2D eigenvalue weighted by molar-refractivity contribution is -0.151. The molecule has 3 heteroatoms. The lowest BCUT2D eigenvalue weighted by Crippen LogP contribution is -2.52. The van der Waals surface area contributed by atoms with Gasteiger partial charge in [-0.3, -0.25) is 9.59 Å². The van der Waals surface area contributed by atoms with Crippen LogP contribution in [0.1, 0.15) is 40.5 Å². The van der Waals surface area contributed by atoms with Crippen LogP contribution in [0.2, 0.25) is 0 Å². The van der Waals surface area contributed by atoms with E-state index in [1.54, 1.807) is 13.0 Å². The second-order valence-electron chi connectivity index (χ2n) is 5.51. The topological polar surface area (TPSA) is 54.4 Å². The number of allylic oxidation sites excluding steroid dienone is 1. The Morgan fingerprint density at radius 3 is 2.50 bits per heavy atom.